The van der Waals surface area contributed by atoms with Gasteiger partial charge < -0.3 is 30.3 Å². The van der Waals surface area contributed by atoms with Crippen LogP contribution in [0.1, 0.15) is 64.9 Å². The van der Waals surface area contributed by atoms with E-state index in [1.807, 2.05) is 6.07 Å². The first-order valence-corrected chi connectivity index (χ1v) is 12.3. The molecule has 0 aromatic heterocycles. The standard InChI is InChI=1S/C26H38N2O8/c1-5-25(11-6-7-12-28(4)16-25)18-9-8-10-19(13-18)36-21(31)15-26(35,14-20(29)30)24(34)27-22(17(2)3)23(32)33/h8-10,13,17,22,35H,5-7,11-12,14-16H2,1-4H3,(H,27,34)(H,29,30)(H,32,33). The molecule has 1 heterocycles. The SMILES string of the molecule is CCC1(c2cccc(OC(=O)CC(O)(CC(=O)O)C(=O)NC(C(=O)O)C(C)C)c2)CCCCN(C)C1. The monoisotopic (exact) mass is 506 g/mol. The van der Waals surface area contributed by atoms with E-state index in [1.165, 1.54) is 0 Å². The molecule has 10 heteroatoms. The van der Waals surface area contributed by atoms with Crippen molar-refractivity contribution >= 4 is 23.8 Å². The molecule has 1 aromatic rings. The van der Waals surface area contributed by atoms with Crippen LogP contribution >= 0.6 is 0 Å². The Bertz CT molecular complexity index is 965. The van der Waals surface area contributed by atoms with E-state index in [4.69, 9.17) is 4.74 Å². The van der Waals surface area contributed by atoms with Gasteiger partial charge in [0.05, 0.1) is 12.8 Å². The van der Waals surface area contributed by atoms with Crippen molar-refractivity contribution in [2.75, 3.05) is 20.1 Å². The number of carboxylic acids is 2. The topological polar surface area (TPSA) is 153 Å². The Hall–Kier alpha value is -2.98. The number of likely N-dealkylation sites (N-methyl/N-ethyl adjacent to an activating group) is 1. The van der Waals surface area contributed by atoms with Crippen molar-refractivity contribution < 1.29 is 39.2 Å². The minimum Gasteiger partial charge on any atom is -0.481 e. The predicted molar refractivity (Wildman–Crippen MR) is 132 cm³/mol. The molecule has 0 radical (unpaired) electrons. The van der Waals surface area contributed by atoms with Gasteiger partial charge in [-0.2, -0.15) is 0 Å². The summed E-state index contributed by atoms with van der Waals surface area (Å²) in [6.07, 6.45) is 2.02. The van der Waals surface area contributed by atoms with Crippen LogP contribution in [0.5, 0.6) is 5.75 Å². The molecule has 3 unspecified atom stereocenters. The third-order valence-corrected chi connectivity index (χ3v) is 6.90. The quantitative estimate of drug-likeness (QED) is 0.261. The Labute approximate surface area is 211 Å². The van der Waals surface area contributed by atoms with E-state index < -0.39 is 54.2 Å². The maximum absolute atomic E-state index is 12.7. The first-order valence-electron chi connectivity index (χ1n) is 12.3. The third-order valence-electron chi connectivity index (χ3n) is 6.90. The van der Waals surface area contributed by atoms with Gasteiger partial charge in [-0.05, 0) is 56.5 Å². The van der Waals surface area contributed by atoms with Crippen LogP contribution in [0, 0.1) is 5.92 Å². The van der Waals surface area contributed by atoms with Gasteiger partial charge in [-0.1, -0.05) is 39.3 Å². The smallest absolute Gasteiger partial charge is 0.326 e. The summed E-state index contributed by atoms with van der Waals surface area (Å²) in [6.45, 7) is 7.10. The number of nitrogens with zero attached hydrogens (tertiary/aromatic N) is 1. The average Bonchev–Trinajstić information content (AvgIpc) is 2.98. The van der Waals surface area contributed by atoms with E-state index in [9.17, 15) is 34.5 Å². The number of nitrogens with one attached hydrogen (secondary N) is 1. The Balaban J connectivity index is 2.23. The van der Waals surface area contributed by atoms with Crippen LogP contribution in [0.3, 0.4) is 0 Å². The number of likely N-dealkylation sites (tertiary alicyclic amines) is 1. The fourth-order valence-electron chi connectivity index (χ4n) is 4.81. The van der Waals surface area contributed by atoms with Crippen molar-refractivity contribution in [3.8, 4) is 5.75 Å². The molecule has 2 rings (SSSR count). The van der Waals surface area contributed by atoms with Crippen molar-refractivity contribution in [1.29, 1.82) is 0 Å². The molecule has 3 atom stereocenters. The zero-order chi connectivity index (χ0) is 27.1. The second kappa shape index (κ2) is 12.3. The molecule has 0 saturated carbocycles. The lowest BCUT2D eigenvalue weighted by Gasteiger charge is -2.35. The number of rotatable bonds is 11. The molecule has 4 N–H and O–H groups in total. The van der Waals surface area contributed by atoms with Crippen molar-refractivity contribution in [1.82, 2.24) is 10.2 Å². The fourth-order valence-corrected chi connectivity index (χ4v) is 4.81. The van der Waals surface area contributed by atoms with Crippen molar-refractivity contribution in [3.05, 3.63) is 29.8 Å². The van der Waals surface area contributed by atoms with Crippen molar-refractivity contribution in [2.45, 2.75) is 76.4 Å². The molecule has 200 valence electrons. The van der Waals surface area contributed by atoms with Crippen LogP contribution in [-0.4, -0.2) is 75.8 Å². The lowest BCUT2D eigenvalue weighted by atomic mass is 9.74. The highest BCUT2D eigenvalue weighted by atomic mass is 16.5. The summed E-state index contributed by atoms with van der Waals surface area (Å²) in [5.74, 6) is -5.45. The highest BCUT2D eigenvalue weighted by molar-refractivity contribution is 5.95. The number of benzene rings is 1. The molecule has 1 amide bonds. The van der Waals surface area contributed by atoms with Gasteiger partial charge in [0.1, 0.15) is 11.8 Å². The molecule has 0 bridgehead atoms. The predicted octanol–water partition coefficient (Wildman–Crippen LogP) is 2.18. The van der Waals surface area contributed by atoms with Crippen molar-refractivity contribution in [3.63, 3.8) is 0 Å². The molecule has 0 spiro atoms. The summed E-state index contributed by atoms with van der Waals surface area (Å²) in [5, 5.41) is 31.5. The molecule has 1 saturated heterocycles. The largest absolute Gasteiger partial charge is 0.481 e. The third kappa shape index (κ3) is 7.51. The van der Waals surface area contributed by atoms with Gasteiger partial charge in [0.25, 0.3) is 5.91 Å². The molecule has 36 heavy (non-hydrogen) atoms. The summed E-state index contributed by atoms with van der Waals surface area (Å²) in [7, 11) is 2.09. The first-order chi connectivity index (χ1) is 16.8. The number of hydrogen-bond donors (Lipinski definition) is 4. The highest BCUT2D eigenvalue weighted by Crippen LogP contribution is 2.37. The number of ether oxygens (including phenoxy) is 1. The number of hydrogen-bond acceptors (Lipinski definition) is 7. The summed E-state index contributed by atoms with van der Waals surface area (Å²) in [4.78, 5) is 50.5. The van der Waals surface area contributed by atoms with E-state index in [0.717, 1.165) is 44.3 Å². The van der Waals surface area contributed by atoms with Gasteiger partial charge in [0.2, 0.25) is 0 Å². The van der Waals surface area contributed by atoms with E-state index >= 15 is 0 Å². The molecule has 1 fully saturated rings. The van der Waals surface area contributed by atoms with Gasteiger partial charge in [0.15, 0.2) is 5.60 Å². The summed E-state index contributed by atoms with van der Waals surface area (Å²) >= 11 is 0. The maximum atomic E-state index is 12.7. The van der Waals surface area contributed by atoms with E-state index in [0.29, 0.717) is 0 Å². The average molecular weight is 507 g/mol. The Morgan fingerprint density at radius 1 is 1.17 bits per heavy atom. The molecule has 1 aromatic carbocycles. The Morgan fingerprint density at radius 3 is 2.44 bits per heavy atom. The maximum Gasteiger partial charge on any atom is 0.326 e. The van der Waals surface area contributed by atoms with E-state index in [-0.39, 0.29) is 11.2 Å². The zero-order valence-electron chi connectivity index (χ0n) is 21.5. The van der Waals surface area contributed by atoms with Crippen LogP contribution in [0.2, 0.25) is 0 Å². The number of esters is 1. The van der Waals surface area contributed by atoms with E-state index in [2.05, 4.69) is 24.2 Å². The van der Waals surface area contributed by atoms with Crippen LogP contribution in [0.25, 0.3) is 0 Å². The fraction of sp³-hybridized carbons (Fsp3) is 0.615. The number of carbonyl (C=O) groups is 4. The highest BCUT2D eigenvalue weighted by Gasteiger charge is 2.43. The first kappa shape index (κ1) is 29.3. The van der Waals surface area contributed by atoms with Crippen molar-refractivity contribution in [2.24, 2.45) is 5.92 Å². The Kier molecular flexibility index (Phi) is 10.0. The van der Waals surface area contributed by atoms with Gasteiger partial charge in [-0.25, -0.2) is 4.79 Å². The summed E-state index contributed by atoms with van der Waals surface area (Å²) in [5.41, 5.74) is -1.78. The lowest BCUT2D eigenvalue weighted by molar-refractivity contribution is -0.159. The molecular formula is C26H38N2O8. The molecule has 1 aliphatic heterocycles. The van der Waals surface area contributed by atoms with Gasteiger partial charge in [-0.3, -0.25) is 14.4 Å². The van der Waals surface area contributed by atoms with Gasteiger partial charge in [0, 0.05) is 12.0 Å². The number of aliphatic hydroxyl groups is 1. The minimum atomic E-state index is -2.68. The zero-order valence-corrected chi connectivity index (χ0v) is 21.5. The lowest BCUT2D eigenvalue weighted by Crippen LogP contribution is -2.55. The van der Waals surface area contributed by atoms with Crippen LogP contribution in [-0.2, 0) is 24.6 Å². The van der Waals surface area contributed by atoms with Gasteiger partial charge >= 0.3 is 17.9 Å². The molecule has 10 nitrogen and oxygen atoms in total. The number of carbonyl (C=O) groups excluding carboxylic acids is 2. The van der Waals surface area contributed by atoms with Crippen LogP contribution < -0.4 is 10.1 Å². The Morgan fingerprint density at radius 2 is 1.86 bits per heavy atom. The molecule has 0 aliphatic carbocycles. The summed E-state index contributed by atoms with van der Waals surface area (Å²) in [6, 6.07) is 5.76. The molecular weight excluding hydrogens is 468 g/mol. The van der Waals surface area contributed by atoms with Gasteiger partial charge in [-0.15, -0.1) is 0 Å². The normalized spacial score (nSPS) is 21.2. The second-order valence-corrected chi connectivity index (χ2v) is 10.1. The summed E-state index contributed by atoms with van der Waals surface area (Å²) < 4.78 is 5.42. The number of carboxylic acid groups (broad SMARTS) is 2. The minimum absolute atomic E-state index is 0.111. The second-order valence-electron chi connectivity index (χ2n) is 10.1. The van der Waals surface area contributed by atoms with E-state index in [1.54, 1.807) is 32.0 Å². The molecule has 1 aliphatic rings. The van der Waals surface area contributed by atoms with Crippen LogP contribution in [0.15, 0.2) is 24.3 Å². The number of amides is 1. The van der Waals surface area contributed by atoms with Crippen LogP contribution in [0.4, 0.5) is 0 Å². The number of aliphatic carboxylic acids is 2.